The van der Waals surface area contributed by atoms with Crippen LogP contribution in [0.25, 0.3) is 0 Å². The topological polar surface area (TPSA) is 116 Å². The highest BCUT2D eigenvalue weighted by molar-refractivity contribution is 7.93. The highest BCUT2D eigenvalue weighted by atomic mass is 32.2. The molecule has 0 spiro atoms. The monoisotopic (exact) mass is 449 g/mol. The summed E-state index contributed by atoms with van der Waals surface area (Å²) >= 11 is 1.17. The van der Waals surface area contributed by atoms with Gasteiger partial charge in [-0.25, -0.2) is 13.4 Å². The minimum absolute atomic E-state index is 0.0470. The van der Waals surface area contributed by atoms with E-state index in [0.717, 1.165) is 0 Å². The first kappa shape index (κ1) is 21.4. The maximum absolute atomic E-state index is 12.3. The fraction of sp³-hybridized carbons (Fsp3) is 0.158. The number of amides is 1. The molecule has 2 aromatic carbocycles. The molecule has 0 aliphatic carbocycles. The highest BCUT2D eigenvalue weighted by Crippen LogP contribution is 2.36. The van der Waals surface area contributed by atoms with Crippen LogP contribution in [-0.4, -0.2) is 40.1 Å². The second kappa shape index (κ2) is 9.46. The molecule has 0 radical (unpaired) electrons. The molecule has 1 heterocycles. The number of sulfonamides is 1. The van der Waals surface area contributed by atoms with E-state index in [1.165, 1.54) is 56.0 Å². The number of carbonyl (C=O) groups is 1. The molecule has 3 rings (SSSR count). The van der Waals surface area contributed by atoms with Crippen molar-refractivity contribution in [1.29, 1.82) is 0 Å². The van der Waals surface area contributed by atoms with Crippen LogP contribution in [0.15, 0.2) is 58.9 Å². The molecule has 11 heteroatoms. The van der Waals surface area contributed by atoms with Crippen LogP contribution >= 0.6 is 11.3 Å². The van der Waals surface area contributed by atoms with Gasteiger partial charge in [-0.05, 0) is 36.4 Å². The summed E-state index contributed by atoms with van der Waals surface area (Å²) in [6.07, 6.45) is 1.50. The molecule has 2 N–H and O–H groups in total. The number of para-hydroxylation sites is 1. The van der Waals surface area contributed by atoms with Crippen molar-refractivity contribution in [2.24, 2.45) is 0 Å². The Bertz CT molecular complexity index is 1080. The van der Waals surface area contributed by atoms with E-state index in [0.29, 0.717) is 22.9 Å². The fourth-order valence-electron chi connectivity index (χ4n) is 2.46. The fourth-order valence-corrected chi connectivity index (χ4v) is 4.25. The third-order valence-electron chi connectivity index (χ3n) is 3.83. The van der Waals surface area contributed by atoms with E-state index in [2.05, 4.69) is 15.0 Å². The molecule has 0 fully saturated rings. The molecule has 0 aliphatic rings. The molecule has 0 saturated heterocycles. The van der Waals surface area contributed by atoms with Gasteiger partial charge >= 0.3 is 0 Å². The molecule has 158 valence electrons. The lowest BCUT2D eigenvalue weighted by atomic mass is 10.3. The van der Waals surface area contributed by atoms with Crippen molar-refractivity contribution in [1.82, 2.24) is 4.98 Å². The number of benzene rings is 2. The van der Waals surface area contributed by atoms with Crippen molar-refractivity contribution in [2.75, 3.05) is 30.9 Å². The van der Waals surface area contributed by atoms with Crippen LogP contribution in [0.5, 0.6) is 17.2 Å². The number of hydrogen-bond donors (Lipinski definition) is 2. The number of rotatable bonds is 9. The number of nitrogens with zero attached hydrogens (tertiary/aromatic N) is 1. The minimum Gasteiger partial charge on any atom is -0.493 e. The predicted octanol–water partition coefficient (Wildman–Crippen LogP) is 2.98. The van der Waals surface area contributed by atoms with Gasteiger partial charge in [0.05, 0.1) is 19.1 Å². The summed E-state index contributed by atoms with van der Waals surface area (Å²) in [6, 6.07) is 10.9. The number of methoxy groups -OCH3 is 2. The van der Waals surface area contributed by atoms with E-state index in [4.69, 9.17) is 14.2 Å². The van der Waals surface area contributed by atoms with Crippen LogP contribution in [0.3, 0.4) is 0 Å². The molecule has 0 atom stereocenters. The van der Waals surface area contributed by atoms with Gasteiger partial charge in [0.2, 0.25) is 5.75 Å². The predicted molar refractivity (Wildman–Crippen MR) is 113 cm³/mol. The zero-order valence-corrected chi connectivity index (χ0v) is 17.7. The van der Waals surface area contributed by atoms with E-state index in [-0.39, 0.29) is 16.6 Å². The smallest absolute Gasteiger partial charge is 0.263 e. The van der Waals surface area contributed by atoms with Crippen molar-refractivity contribution in [3.8, 4) is 17.2 Å². The summed E-state index contributed by atoms with van der Waals surface area (Å²) in [6.45, 7) is -0.289. The molecule has 1 amide bonds. The van der Waals surface area contributed by atoms with E-state index in [9.17, 15) is 13.2 Å². The van der Waals surface area contributed by atoms with Gasteiger partial charge in [0, 0.05) is 17.3 Å². The Morgan fingerprint density at radius 2 is 1.73 bits per heavy atom. The summed E-state index contributed by atoms with van der Waals surface area (Å²) in [5.74, 6) is 0.751. The molecular weight excluding hydrogens is 430 g/mol. The number of ether oxygens (including phenoxy) is 3. The second-order valence-electron chi connectivity index (χ2n) is 5.80. The van der Waals surface area contributed by atoms with Gasteiger partial charge in [-0.3, -0.25) is 9.52 Å². The number of anilines is 2. The molecule has 0 saturated carbocycles. The normalized spacial score (nSPS) is 10.9. The Balaban J connectivity index is 1.61. The Labute approximate surface area is 177 Å². The quantitative estimate of drug-likeness (QED) is 0.516. The first-order valence-corrected chi connectivity index (χ1v) is 10.9. The van der Waals surface area contributed by atoms with Crippen molar-refractivity contribution in [3.05, 3.63) is 54.0 Å². The lowest BCUT2D eigenvalue weighted by Crippen LogP contribution is -2.20. The zero-order chi connectivity index (χ0) is 21.6. The average molecular weight is 450 g/mol. The van der Waals surface area contributed by atoms with Crippen molar-refractivity contribution in [2.45, 2.75) is 4.90 Å². The number of nitrogens with one attached hydrogen (secondary N) is 2. The first-order chi connectivity index (χ1) is 14.4. The van der Waals surface area contributed by atoms with Crippen LogP contribution in [0, 0.1) is 0 Å². The molecule has 30 heavy (non-hydrogen) atoms. The Kier molecular flexibility index (Phi) is 6.75. The van der Waals surface area contributed by atoms with E-state index < -0.39 is 15.9 Å². The molecule has 0 unspecified atom stereocenters. The van der Waals surface area contributed by atoms with Gasteiger partial charge in [-0.2, -0.15) is 0 Å². The van der Waals surface area contributed by atoms with Gasteiger partial charge in [0.25, 0.3) is 15.9 Å². The maximum atomic E-state index is 12.3. The number of thiazole rings is 1. The van der Waals surface area contributed by atoms with Gasteiger partial charge in [0.1, 0.15) is 0 Å². The third kappa shape index (κ3) is 5.19. The summed E-state index contributed by atoms with van der Waals surface area (Å²) < 4.78 is 43.0. The number of aromatic nitrogens is 1. The van der Waals surface area contributed by atoms with E-state index >= 15 is 0 Å². The summed E-state index contributed by atoms with van der Waals surface area (Å²) in [5, 5.41) is 4.58. The number of carbonyl (C=O) groups excluding carboxylic acids is 1. The summed E-state index contributed by atoms with van der Waals surface area (Å²) in [4.78, 5) is 16.2. The van der Waals surface area contributed by atoms with Crippen LogP contribution in [0.1, 0.15) is 0 Å². The minimum atomic E-state index is -3.76. The van der Waals surface area contributed by atoms with Crippen LogP contribution in [-0.2, 0) is 14.8 Å². The van der Waals surface area contributed by atoms with E-state index in [1.807, 2.05) is 0 Å². The Morgan fingerprint density at radius 3 is 2.30 bits per heavy atom. The summed E-state index contributed by atoms with van der Waals surface area (Å²) in [5.41, 5.74) is 0.420. The Morgan fingerprint density at radius 1 is 1.07 bits per heavy atom. The van der Waals surface area contributed by atoms with Crippen LogP contribution in [0.4, 0.5) is 10.8 Å². The molecule has 3 aromatic rings. The standard InChI is InChI=1S/C19H19N3O6S2/c1-26-15-4-3-5-16(27-2)18(15)28-12-17(23)21-13-6-8-14(9-7-13)30(24,25)22-19-20-10-11-29-19/h3-11H,12H2,1-2H3,(H,20,22)(H,21,23). The number of hydrogen-bond acceptors (Lipinski definition) is 8. The molecule has 0 bridgehead atoms. The largest absolute Gasteiger partial charge is 0.493 e. The van der Waals surface area contributed by atoms with Gasteiger partial charge < -0.3 is 19.5 Å². The van der Waals surface area contributed by atoms with Crippen LogP contribution in [0.2, 0.25) is 0 Å². The molecular formula is C19H19N3O6S2. The summed E-state index contributed by atoms with van der Waals surface area (Å²) in [7, 11) is -0.784. The lowest BCUT2D eigenvalue weighted by molar-refractivity contribution is -0.118. The first-order valence-electron chi connectivity index (χ1n) is 8.59. The van der Waals surface area contributed by atoms with Gasteiger partial charge in [-0.1, -0.05) is 6.07 Å². The van der Waals surface area contributed by atoms with Crippen molar-refractivity contribution >= 4 is 38.1 Å². The zero-order valence-electron chi connectivity index (χ0n) is 16.1. The lowest BCUT2D eigenvalue weighted by Gasteiger charge is -2.14. The van der Waals surface area contributed by atoms with Gasteiger partial charge in [0.15, 0.2) is 23.2 Å². The third-order valence-corrected chi connectivity index (χ3v) is 6.01. The molecule has 9 nitrogen and oxygen atoms in total. The average Bonchev–Trinajstić information content (AvgIpc) is 3.24. The highest BCUT2D eigenvalue weighted by Gasteiger charge is 2.16. The molecule has 1 aromatic heterocycles. The molecule has 0 aliphatic heterocycles. The maximum Gasteiger partial charge on any atom is 0.263 e. The second-order valence-corrected chi connectivity index (χ2v) is 8.37. The SMILES string of the molecule is COc1cccc(OC)c1OCC(=O)Nc1ccc(S(=O)(=O)Nc2nccs2)cc1. The Hall–Kier alpha value is -3.31. The van der Waals surface area contributed by atoms with Crippen molar-refractivity contribution < 1.29 is 27.4 Å². The van der Waals surface area contributed by atoms with Crippen molar-refractivity contribution in [3.63, 3.8) is 0 Å². The van der Waals surface area contributed by atoms with E-state index in [1.54, 1.807) is 23.6 Å². The van der Waals surface area contributed by atoms with Gasteiger partial charge in [-0.15, -0.1) is 11.3 Å². The van der Waals surface area contributed by atoms with Crippen LogP contribution < -0.4 is 24.2 Å².